The maximum Gasteiger partial charge on any atom is 0.290 e. The molecule has 0 unspecified atom stereocenters. The van der Waals surface area contributed by atoms with Crippen molar-refractivity contribution in [2.24, 2.45) is 0 Å². The number of hydrogen-bond donors (Lipinski definition) is 1. The molecule has 0 radical (unpaired) electrons. The van der Waals surface area contributed by atoms with Gasteiger partial charge in [-0.3, -0.25) is 9.59 Å². The van der Waals surface area contributed by atoms with Crippen LogP contribution in [0.5, 0.6) is 0 Å². The maximum absolute atomic E-state index is 14.9. The van der Waals surface area contributed by atoms with Crippen LogP contribution in [0.2, 0.25) is 0 Å². The number of amides is 2. The quantitative estimate of drug-likeness (QED) is 0.558. The molecule has 4 rings (SSSR count). The minimum absolute atomic E-state index is 0.0386. The van der Waals surface area contributed by atoms with Crippen LogP contribution in [0.15, 0.2) is 71.3 Å². The molecular formula is C26H27FN2O3. The third-order valence-electron chi connectivity index (χ3n) is 5.93. The van der Waals surface area contributed by atoms with Crippen molar-refractivity contribution in [2.45, 2.75) is 51.2 Å². The fraction of sp³-hybridized carbons (Fsp3) is 0.308. The molecule has 6 heteroatoms. The van der Waals surface area contributed by atoms with Gasteiger partial charge < -0.3 is 14.6 Å². The van der Waals surface area contributed by atoms with Gasteiger partial charge in [0.1, 0.15) is 11.9 Å². The number of carbonyl (C=O) groups excluding carboxylic acids is 2. The number of benzene rings is 2. The summed E-state index contributed by atoms with van der Waals surface area (Å²) in [6.07, 6.45) is 5.29. The molecule has 2 aromatic carbocycles. The van der Waals surface area contributed by atoms with Crippen LogP contribution in [0.25, 0.3) is 0 Å². The first kappa shape index (κ1) is 21.8. The second-order valence-corrected chi connectivity index (χ2v) is 8.31. The van der Waals surface area contributed by atoms with Crippen LogP contribution in [0.3, 0.4) is 0 Å². The summed E-state index contributed by atoms with van der Waals surface area (Å²) in [5.41, 5.74) is 2.09. The highest BCUT2D eigenvalue weighted by Crippen LogP contribution is 2.29. The van der Waals surface area contributed by atoms with E-state index in [4.69, 9.17) is 4.42 Å². The molecule has 1 aliphatic carbocycles. The third-order valence-corrected chi connectivity index (χ3v) is 5.93. The fourth-order valence-electron chi connectivity index (χ4n) is 4.21. The first-order chi connectivity index (χ1) is 15.5. The smallest absolute Gasteiger partial charge is 0.290 e. The van der Waals surface area contributed by atoms with Crippen LogP contribution in [-0.4, -0.2) is 22.8 Å². The van der Waals surface area contributed by atoms with Crippen molar-refractivity contribution in [3.63, 3.8) is 0 Å². The number of furan rings is 1. The summed E-state index contributed by atoms with van der Waals surface area (Å²) in [6, 6.07) is 15.9. The Bertz CT molecular complexity index is 1060. The van der Waals surface area contributed by atoms with Crippen LogP contribution in [0, 0.1) is 12.7 Å². The monoisotopic (exact) mass is 434 g/mol. The lowest BCUT2D eigenvalue weighted by Crippen LogP contribution is -2.46. The summed E-state index contributed by atoms with van der Waals surface area (Å²) in [5.74, 6) is -1.27. The number of nitrogens with one attached hydrogen (secondary N) is 1. The van der Waals surface area contributed by atoms with Gasteiger partial charge in [-0.15, -0.1) is 0 Å². The number of nitrogens with zero attached hydrogens (tertiary/aromatic N) is 1. The minimum Gasteiger partial charge on any atom is -0.459 e. The first-order valence-corrected chi connectivity index (χ1v) is 11.0. The molecule has 5 nitrogen and oxygen atoms in total. The van der Waals surface area contributed by atoms with Crippen molar-refractivity contribution < 1.29 is 18.4 Å². The molecule has 0 bridgehead atoms. The van der Waals surface area contributed by atoms with E-state index >= 15 is 0 Å². The largest absolute Gasteiger partial charge is 0.459 e. The lowest BCUT2D eigenvalue weighted by molar-refractivity contribution is -0.127. The van der Waals surface area contributed by atoms with Gasteiger partial charge in [-0.25, -0.2) is 4.39 Å². The SMILES string of the molecule is Cc1ccc(CN(C(=O)c2ccco2)[C@@H](C(=O)NC2CCCC2)c2ccccc2F)cc1. The van der Waals surface area contributed by atoms with Crippen molar-refractivity contribution in [1.82, 2.24) is 10.2 Å². The van der Waals surface area contributed by atoms with Crippen LogP contribution in [-0.2, 0) is 11.3 Å². The van der Waals surface area contributed by atoms with E-state index in [0.717, 1.165) is 36.8 Å². The topological polar surface area (TPSA) is 62.6 Å². The molecule has 0 saturated heterocycles. The van der Waals surface area contributed by atoms with Gasteiger partial charge >= 0.3 is 0 Å². The predicted octanol–water partition coefficient (Wildman–Crippen LogP) is 5.17. The summed E-state index contributed by atoms with van der Waals surface area (Å²) in [7, 11) is 0. The zero-order valence-corrected chi connectivity index (χ0v) is 18.1. The fourth-order valence-corrected chi connectivity index (χ4v) is 4.21. The molecule has 1 atom stereocenters. The lowest BCUT2D eigenvalue weighted by Gasteiger charge is -2.32. The molecule has 32 heavy (non-hydrogen) atoms. The van der Waals surface area contributed by atoms with Gasteiger partial charge in [-0.1, -0.05) is 60.9 Å². The van der Waals surface area contributed by atoms with Gasteiger partial charge in [0.15, 0.2) is 5.76 Å². The van der Waals surface area contributed by atoms with Crippen LogP contribution in [0.1, 0.15) is 59.0 Å². The normalized spacial score (nSPS) is 14.8. The number of halogens is 1. The molecule has 2 amide bonds. The van der Waals surface area contributed by atoms with E-state index in [2.05, 4.69) is 5.32 Å². The lowest BCUT2D eigenvalue weighted by atomic mass is 10.0. The van der Waals surface area contributed by atoms with E-state index in [1.807, 2.05) is 31.2 Å². The van der Waals surface area contributed by atoms with Crippen molar-refractivity contribution in [3.8, 4) is 0 Å². The average Bonchev–Trinajstić information content (AvgIpc) is 3.50. The van der Waals surface area contributed by atoms with E-state index in [1.165, 1.54) is 17.2 Å². The predicted molar refractivity (Wildman–Crippen MR) is 119 cm³/mol. The van der Waals surface area contributed by atoms with Crippen molar-refractivity contribution in [3.05, 3.63) is 95.2 Å². The molecule has 1 saturated carbocycles. The Hall–Kier alpha value is -3.41. The Kier molecular flexibility index (Phi) is 6.69. The van der Waals surface area contributed by atoms with Gasteiger partial charge in [0.05, 0.1) is 6.26 Å². The van der Waals surface area contributed by atoms with Gasteiger partial charge in [-0.2, -0.15) is 0 Å². The number of carbonyl (C=O) groups is 2. The molecule has 3 aromatic rings. The maximum atomic E-state index is 14.9. The Morgan fingerprint density at radius 1 is 1.06 bits per heavy atom. The third kappa shape index (κ3) is 4.90. The van der Waals surface area contributed by atoms with E-state index < -0.39 is 17.8 Å². The Balaban J connectivity index is 1.75. The van der Waals surface area contributed by atoms with E-state index in [9.17, 15) is 14.0 Å². The Morgan fingerprint density at radius 3 is 2.44 bits per heavy atom. The highest BCUT2D eigenvalue weighted by atomic mass is 19.1. The standard InChI is InChI=1S/C26H27FN2O3/c1-18-12-14-19(15-13-18)17-29(26(31)23-11-6-16-32-23)24(21-9-4-5-10-22(21)27)25(30)28-20-7-2-3-8-20/h4-6,9-16,20,24H,2-3,7-8,17H2,1H3,(H,28,30)/t24-/m1/s1. The number of aryl methyl sites for hydroxylation is 1. The van der Waals surface area contributed by atoms with Crippen LogP contribution >= 0.6 is 0 Å². The van der Waals surface area contributed by atoms with E-state index in [0.29, 0.717) is 0 Å². The molecule has 1 aliphatic rings. The molecule has 1 fully saturated rings. The summed E-state index contributed by atoms with van der Waals surface area (Å²) >= 11 is 0. The van der Waals surface area contributed by atoms with Gasteiger partial charge in [0.2, 0.25) is 5.91 Å². The Labute approximate surface area is 187 Å². The zero-order valence-electron chi connectivity index (χ0n) is 18.1. The molecule has 166 valence electrons. The highest BCUT2D eigenvalue weighted by molar-refractivity contribution is 5.96. The summed E-state index contributed by atoms with van der Waals surface area (Å²) in [5, 5.41) is 3.05. The molecule has 1 N–H and O–H groups in total. The van der Waals surface area contributed by atoms with Crippen molar-refractivity contribution >= 4 is 11.8 Å². The molecule has 0 spiro atoms. The summed E-state index contributed by atoms with van der Waals surface area (Å²) in [4.78, 5) is 28.4. The van der Waals surface area contributed by atoms with E-state index in [-0.39, 0.29) is 29.8 Å². The van der Waals surface area contributed by atoms with Crippen LogP contribution in [0.4, 0.5) is 4.39 Å². The number of hydrogen-bond acceptors (Lipinski definition) is 3. The highest BCUT2D eigenvalue weighted by Gasteiger charge is 2.36. The van der Waals surface area contributed by atoms with E-state index in [1.54, 1.807) is 30.3 Å². The Morgan fingerprint density at radius 2 is 1.78 bits per heavy atom. The molecule has 1 aromatic heterocycles. The molecular weight excluding hydrogens is 407 g/mol. The molecule has 1 heterocycles. The zero-order chi connectivity index (χ0) is 22.5. The van der Waals surface area contributed by atoms with Gasteiger partial charge in [0.25, 0.3) is 5.91 Å². The van der Waals surface area contributed by atoms with Crippen molar-refractivity contribution in [1.29, 1.82) is 0 Å². The number of rotatable bonds is 7. The summed E-state index contributed by atoms with van der Waals surface area (Å²) < 4.78 is 20.3. The average molecular weight is 435 g/mol. The summed E-state index contributed by atoms with van der Waals surface area (Å²) in [6.45, 7) is 2.11. The second-order valence-electron chi connectivity index (χ2n) is 8.31. The van der Waals surface area contributed by atoms with Crippen molar-refractivity contribution in [2.75, 3.05) is 0 Å². The molecule has 0 aliphatic heterocycles. The minimum atomic E-state index is -1.13. The first-order valence-electron chi connectivity index (χ1n) is 11.0. The van der Waals surface area contributed by atoms with Gasteiger partial charge in [-0.05, 0) is 43.5 Å². The van der Waals surface area contributed by atoms with Gasteiger partial charge in [0, 0.05) is 18.2 Å². The van der Waals surface area contributed by atoms with Crippen LogP contribution < -0.4 is 5.32 Å². The second kappa shape index (κ2) is 9.81.